The van der Waals surface area contributed by atoms with Crippen LogP contribution < -0.4 is 14.4 Å². The zero-order valence-electron chi connectivity index (χ0n) is 24.5. The van der Waals surface area contributed by atoms with Crippen LogP contribution in [-0.4, -0.2) is 96.8 Å². The molecular weight excluding hydrogens is 584 g/mol. The van der Waals surface area contributed by atoms with Gasteiger partial charge >= 0.3 is 6.01 Å². The van der Waals surface area contributed by atoms with Crippen LogP contribution in [0.1, 0.15) is 18.4 Å². The molecule has 5 heterocycles. The standard InChI is InChI=1S/C33H31F2N5O5/c1-2-22-24(34)4-3-19-13-21(41)14-23(25(19)22)28-27(35)29-26-30(40-9-12-43-15-20(40)16-44-31(26)36-28)38-32(37-29)45-18-33(5-6-33)17-39-7-10-42-11-8-39/h1,3-4,13-14,20,41H,5-12,15-18H2. The Morgan fingerprint density at radius 2 is 1.84 bits per heavy atom. The van der Waals surface area contributed by atoms with E-state index in [4.69, 9.17) is 30.4 Å². The monoisotopic (exact) mass is 615 g/mol. The van der Waals surface area contributed by atoms with E-state index in [2.05, 4.69) is 20.8 Å². The quantitative estimate of drug-likeness (QED) is 0.322. The van der Waals surface area contributed by atoms with Crippen molar-refractivity contribution in [3.63, 3.8) is 0 Å². The number of ether oxygens (including phenoxy) is 4. The first-order chi connectivity index (χ1) is 21.9. The number of aromatic nitrogens is 3. The molecule has 0 bridgehead atoms. The molecule has 1 unspecified atom stereocenters. The number of hydrogen-bond donors (Lipinski definition) is 1. The number of terminal acetylenes is 1. The molecule has 4 aromatic rings. The second kappa shape index (κ2) is 10.9. The summed E-state index contributed by atoms with van der Waals surface area (Å²) in [6.07, 6.45) is 7.75. The highest BCUT2D eigenvalue weighted by atomic mass is 19.1. The van der Waals surface area contributed by atoms with Crippen molar-refractivity contribution in [2.45, 2.75) is 18.9 Å². The Kier molecular flexibility index (Phi) is 6.85. The number of phenols is 1. The molecule has 8 rings (SSSR count). The van der Waals surface area contributed by atoms with E-state index in [1.807, 2.05) is 4.90 Å². The molecule has 2 aromatic carbocycles. The Morgan fingerprint density at radius 1 is 1.02 bits per heavy atom. The van der Waals surface area contributed by atoms with E-state index in [0.717, 1.165) is 45.7 Å². The maximum atomic E-state index is 16.9. The Bertz CT molecular complexity index is 1870. The highest BCUT2D eigenvalue weighted by Crippen LogP contribution is 2.47. The third-order valence-corrected chi connectivity index (χ3v) is 9.20. The van der Waals surface area contributed by atoms with Gasteiger partial charge in [-0.3, -0.25) is 4.90 Å². The van der Waals surface area contributed by atoms with Gasteiger partial charge in [0.05, 0.1) is 44.6 Å². The summed E-state index contributed by atoms with van der Waals surface area (Å²) in [6.45, 7) is 6.10. The molecule has 1 saturated carbocycles. The van der Waals surface area contributed by atoms with Crippen molar-refractivity contribution in [3.8, 4) is 41.2 Å². The number of pyridine rings is 1. The highest BCUT2D eigenvalue weighted by Gasteiger charge is 2.45. The molecule has 12 heteroatoms. The molecule has 10 nitrogen and oxygen atoms in total. The fraction of sp³-hybridized carbons (Fsp3) is 0.424. The van der Waals surface area contributed by atoms with Crippen molar-refractivity contribution in [3.05, 3.63) is 41.5 Å². The summed E-state index contributed by atoms with van der Waals surface area (Å²) < 4.78 is 55.4. The molecule has 45 heavy (non-hydrogen) atoms. The number of phenolic OH excluding ortho intramolecular Hbond substituents is 1. The lowest BCUT2D eigenvalue weighted by Gasteiger charge is -2.34. The normalized spacial score (nSPS) is 20.7. The number of hydrogen-bond acceptors (Lipinski definition) is 10. The van der Waals surface area contributed by atoms with Gasteiger partial charge in [0.2, 0.25) is 5.88 Å². The van der Waals surface area contributed by atoms with Crippen LogP contribution in [0.5, 0.6) is 17.6 Å². The summed E-state index contributed by atoms with van der Waals surface area (Å²) in [7, 11) is 0. The fourth-order valence-corrected chi connectivity index (χ4v) is 6.63. The Morgan fingerprint density at radius 3 is 2.64 bits per heavy atom. The van der Waals surface area contributed by atoms with Crippen molar-refractivity contribution in [1.29, 1.82) is 0 Å². The molecule has 2 saturated heterocycles. The van der Waals surface area contributed by atoms with Crippen molar-refractivity contribution < 1.29 is 32.8 Å². The van der Waals surface area contributed by atoms with Gasteiger partial charge in [-0.2, -0.15) is 9.97 Å². The maximum absolute atomic E-state index is 16.9. The first-order valence-electron chi connectivity index (χ1n) is 15.2. The average Bonchev–Trinajstić information content (AvgIpc) is 3.84. The molecule has 0 radical (unpaired) electrons. The lowest BCUT2D eigenvalue weighted by Crippen LogP contribution is -2.48. The molecule has 1 aliphatic carbocycles. The highest BCUT2D eigenvalue weighted by molar-refractivity contribution is 6.04. The van der Waals surface area contributed by atoms with Crippen molar-refractivity contribution in [2.24, 2.45) is 5.41 Å². The minimum atomic E-state index is -0.786. The summed E-state index contributed by atoms with van der Waals surface area (Å²) in [6, 6.07) is 5.32. The third-order valence-electron chi connectivity index (χ3n) is 9.20. The first-order valence-corrected chi connectivity index (χ1v) is 15.2. The number of benzene rings is 2. The van der Waals surface area contributed by atoms with Crippen LogP contribution >= 0.6 is 0 Å². The van der Waals surface area contributed by atoms with Crippen molar-refractivity contribution >= 4 is 27.5 Å². The number of fused-ring (bicyclic) bond motifs is 3. The molecule has 0 spiro atoms. The number of halogens is 2. The topological polar surface area (TPSA) is 102 Å². The number of anilines is 1. The third kappa shape index (κ3) is 4.95. The summed E-state index contributed by atoms with van der Waals surface area (Å²) in [4.78, 5) is 18.4. The van der Waals surface area contributed by atoms with Crippen LogP contribution in [0.3, 0.4) is 0 Å². The van der Waals surface area contributed by atoms with Crippen LogP contribution in [0.15, 0.2) is 24.3 Å². The summed E-state index contributed by atoms with van der Waals surface area (Å²) in [5.41, 5.74) is -0.189. The zero-order valence-corrected chi connectivity index (χ0v) is 24.5. The zero-order chi connectivity index (χ0) is 30.7. The van der Waals surface area contributed by atoms with E-state index in [1.54, 1.807) is 0 Å². The van der Waals surface area contributed by atoms with Gasteiger partial charge in [0.25, 0.3) is 0 Å². The van der Waals surface area contributed by atoms with Crippen molar-refractivity contribution in [1.82, 2.24) is 19.9 Å². The first kappa shape index (κ1) is 28.2. The summed E-state index contributed by atoms with van der Waals surface area (Å²) in [5, 5.41) is 11.6. The van der Waals surface area contributed by atoms with Gasteiger partial charge in [-0.05, 0) is 36.4 Å². The van der Waals surface area contributed by atoms with Crippen molar-refractivity contribution in [2.75, 3.05) is 70.7 Å². The van der Waals surface area contributed by atoms with Crippen LogP contribution in [0, 0.1) is 29.4 Å². The SMILES string of the molecule is C#Cc1c(F)ccc2cc(O)cc(-c3nc4c5c(nc(OCC6(CN7CCOCC7)CC6)nc5c3F)N3CCOCC3CO4)c12. The molecule has 232 valence electrons. The van der Waals surface area contributed by atoms with Crippen LogP contribution in [0.25, 0.3) is 32.9 Å². The van der Waals surface area contributed by atoms with E-state index >= 15 is 4.39 Å². The molecule has 3 fully saturated rings. The second-order valence-corrected chi connectivity index (χ2v) is 12.2. The predicted molar refractivity (Wildman–Crippen MR) is 162 cm³/mol. The number of nitrogens with zero attached hydrogens (tertiary/aromatic N) is 5. The molecular formula is C33H31F2N5O5. The van der Waals surface area contributed by atoms with Gasteiger partial charge in [-0.1, -0.05) is 12.0 Å². The van der Waals surface area contributed by atoms with Gasteiger partial charge in [-0.25, -0.2) is 13.8 Å². The van der Waals surface area contributed by atoms with E-state index in [9.17, 15) is 9.50 Å². The van der Waals surface area contributed by atoms with Gasteiger partial charge in [0, 0.05) is 42.5 Å². The average molecular weight is 616 g/mol. The lowest BCUT2D eigenvalue weighted by molar-refractivity contribution is 0.0231. The van der Waals surface area contributed by atoms with E-state index < -0.39 is 11.6 Å². The second-order valence-electron chi connectivity index (χ2n) is 12.2. The van der Waals surface area contributed by atoms with E-state index in [-0.39, 0.29) is 63.4 Å². The molecule has 3 aliphatic heterocycles. The number of rotatable bonds is 6. The molecule has 4 aliphatic rings. The maximum Gasteiger partial charge on any atom is 0.319 e. The van der Waals surface area contributed by atoms with Crippen LogP contribution in [0.2, 0.25) is 0 Å². The van der Waals surface area contributed by atoms with Gasteiger partial charge in [0.15, 0.2) is 5.82 Å². The number of aromatic hydroxyl groups is 1. The Balaban J connectivity index is 1.27. The smallest absolute Gasteiger partial charge is 0.319 e. The lowest BCUT2D eigenvalue weighted by atomic mass is 9.95. The molecule has 1 N–H and O–H groups in total. The van der Waals surface area contributed by atoms with Crippen LogP contribution in [0.4, 0.5) is 14.6 Å². The largest absolute Gasteiger partial charge is 0.508 e. The van der Waals surface area contributed by atoms with Gasteiger partial charge < -0.3 is 29.0 Å². The van der Waals surface area contributed by atoms with Gasteiger partial charge in [-0.15, -0.1) is 6.42 Å². The van der Waals surface area contributed by atoms with Gasteiger partial charge in [0.1, 0.15) is 40.6 Å². The summed E-state index contributed by atoms with van der Waals surface area (Å²) in [5.74, 6) is 1.38. The Labute approximate surface area is 257 Å². The number of morpholine rings is 2. The summed E-state index contributed by atoms with van der Waals surface area (Å²) >= 11 is 0. The van der Waals surface area contributed by atoms with E-state index in [0.29, 0.717) is 43.0 Å². The minimum absolute atomic E-state index is 0.0162. The molecule has 0 amide bonds. The van der Waals surface area contributed by atoms with E-state index in [1.165, 1.54) is 24.3 Å². The predicted octanol–water partition coefficient (Wildman–Crippen LogP) is 3.90. The Hall–Kier alpha value is -4.31. The molecule has 1 atom stereocenters. The molecule has 2 aromatic heterocycles. The fourth-order valence-electron chi connectivity index (χ4n) is 6.63. The van der Waals surface area contributed by atoms with Crippen LogP contribution in [-0.2, 0) is 9.47 Å². The minimum Gasteiger partial charge on any atom is -0.508 e.